The van der Waals surface area contributed by atoms with Crippen LogP contribution in [0.3, 0.4) is 0 Å². The van der Waals surface area contributed by atoms with Crippen molar-refractivity contribution in [3.8, 4) is 0 Å². The lowest BCUT2D eigenvalue weighted by Crippen LogP contribution is -2.22. The molecule has 0 aromatic heterocycles. The second-order valence-corrected chi connectivity index (χ2v) is 4.87. The van der Waals surface area contributed by atoms with Gasteiger partial charge in [0.1, 0.15) is 6.61 Å². The Hall–Kier alpha value is -2.86. The normalized spacial score (nSPS) is 11.1. The van der Waals surface area contributed by atoms with Gasteiger partial charge in [-0.3, -0.25) is 4.79 Å². The second kappa shape index (κ2) is 8.55. The van der Waals surface area contributed by atoms with Crippen LogP contribution < -0.4 is 16.4 Å². The van der Waals surface area contributed by atoms with Gasteiger partial charge in [-0.1, -0.05) is 30.3 Å². The minimum atomic E-state index is -0.196. The molecule has 1 amide bonds. The summed E-state index contributed by atoms with van der Waals surface area (Å²) in [5.74, 6) is 0.142. The number of ether oxygens (including phenoxy) is 1. The average molecular weight is 312 g/mol. The number of nitrogens with zero attached hydrogens (tertiary/aromatic N) is 1. The van der Waals surface area contributed by atoms with E-state index < -0.39 is 0 Å². The van der Waals surface area contributed by atoms with Gasteiger partial charge in [-0.15, -0.1) is 0 Å². The molecule has 0 atom stereocenters. The van der Waals surface area contributed by atoms with Gasteiger partial charge in [0.15, 0.2) is 5.96 Å². The number of rotatable bonds is 6. The van der Waals surface area contributed by atoms with E-state index in [0.717, 1.165) is 11.3 Å². The van der Waals surface area contributed by atoms with E-state index in [2.05, 4.69) is 15.6 Å². The van der Waals surface area contributed by atoms with Gasteiger partial charge < -0.3 is 21.1 Å². The molecule has 0 heterocycles. The third kappa shape index (κ3) is 5.80. The molecule has 2 aromatic rings. The van der Waals surface area contributed by atoms with Crippen LogP contribution in [0.1, 0.15) is 5.56 Å². The van der Waals surface area contributed by atoms with Gasteiger partial charge in [0.25, 0.3) is 0 Å². The lowest BCUT2D eigenvalue weighted by Gasteiger charge is -2.07. The summed E-state index contributed by atoms with van der Waals surface area (Å²) in [6, 6.07) is 17.0. The fraction of sp³-hybridized carbons (Fsp3) is 0.176. The summed E-state index contributed by atoms with van der Waals surface area (Å²) in [4.78, 5) is 15.8. The van der Waals surface area contributed by atoms with E-state index in [1.165, 1.54) is 7.11 Å². The van der Waals surface area contributed by atoms with Crippen molar-refractivity contribution in [1.82, 2.24) is 0 Å². The quantitative estimate of drug-likeness (QED) is 0.563. The van der Waals surface area contributed by atoms with Crippen LogP contribution in [-0.2, 0) is 16.1 Å². The zero-order chi connectivity index (χ0) is 16.5. The summed E-state index contributed by atoms with van der Waals surface area (Å²) in [5.41, 5.74) is 8.39. The highest BCUT2D eigenvalue weighted by Crippen LogP contribution is 2.12. The van der Waals surface area contributed by atoms with Crippen LogP contribution in [0.2, 0.25) is 0 Å². The number of para-hydroxylation sites is 1. The highest BCUT2D eigenvalue weighted by Gasteiger charge is 2.02. The summed E-state index contributed by atoms with van der Waals surface area (Å²) in [7, 11) is 1.48. The number of carbonyl (C=O) groups excluding carboxylic acids is 1. The molecule has 0 saturated carbocycles. The van der Waals surface area contributed by atoms with E-state index in [9.17, 15) is 4.79 Å². The molecule has 0 radical (unpaired) electrons. The van der Waals surface area contributed by atoms with Crippen LogP contribution in [0.15, 0.2) is 59.6 Å². The largest absolute Gasteiger partial charge is 0.375 e. The number of nitrogens with one attached hydrogen (secondary N) is 2. The minimum absolute atomic E-state index is 0.0241. The Morgan fingerprint density at radius 1 is 1.09 bits per heavy atom. The number of aliphatic imine (C=N–C) groups is 1. The number of benzene rings is 2. The lowest BCUT2D eigenvalue weighted by atomic mass is 10.2. The first-order valence-corrected chi connectivity index (χ1v) is 7.17. The van der Waals surface area contributed by atoms with Gasteiger partial charge in [-0.2, -0.15) is 0 Å². The highest BCUT2D eigenvalue weighted by molar-refractivity contribution is 5.92. The first kappa shape index (κ1) is 16.5. The smallest absolute Gasteiger partial charge is 0.250 e. The Morgan fingerprint density at radius 3 is 2.57 bits per heavy atom. The van der Waals surface area contributed by atoms with Gasteiger partial charge in [0, 0.05) is 18.5 Å². The molecule has 2 aromatic carbocycles. The van der Waals surface area contributed by atoms with E-state index in [1.807, 2.05) is 54.6 Å². The van der Waals surface area contributed by atoms with Crippen molar-refractivity contribution in [2.45, 2.75) is 6.54 Å². The van der Waals surface area contributed by atoms with Crippen molar-refractivity contribution in [1.29, 1.82) is 0 Å². The molecule has 2 rings (SSSR count). The van der Waals surface area contributed by atoms with Gasteiger partial charge >= 0.3 is 0 Å². The number of guanidine groups is 1. The van der Waals surface area contributed by atoms with Crippen LogP contribution in [0.4, 0.5) is 11.4 Å². The number of anilines is 2. The number of nitrogens with two attached hydrogens (primary N) is 1. The fourth-order valence-electron chi connectivity index (χ4n) is 1.96. The predicted molar refractivity (Wildman–Crippen MR) is 92.3 cm³/mol. The average Bonchev–Trinajstić information content (AvgIpc) is 2.54. The molecule has 0 aliphatic carbocycles. The third-order valence-corrected chi connectivity index (χ3v) is 2.96. The Labute approximate surface area is 135 Å². The summed E-state index contributed by atoms with van der Waals surface area (Å²) in [5, 5.41) is 5.77. The molecule has 0 fully saturated rings. The summed E-state index contributed by atoms with van der Waals surface area (Å²) < 4.78 is 4.78. The van der Waals surface area contributed by atoms with E-state index in [-0.39, 0.29) is 12.5 Å². The maximum Gasteiger partial charge on any atom is 0.250 e. The Balaban J connectivity index is 1.94. The Bertz CT molecular complexity index is 671. The van der Waals surface area contributed by atoms with Crippen LogP contribution in [0.5, 0.6) is 0 Å². The van der Waals surface area contributed by atoms with Crippen molar-refractivity contribution in [2.75, 3.05) is 24.4 Å². The van der Waals surface area contributed by atoms with Crippen molar-refractivity contribution in [3.05, 3.63) is 60.2 Å². The number of carbonyl (C=O) groups is 1. The van der Waals surface area contributed by atoms with Gasteiger partial charge in [-0.25, -0.2) is 4.99 Å². The number of hydrogen-bond acceptors (Lipinski definition) is 3. The van der Waals surface area contributed by atoms with E-state index in [0.29, 0.717) is 18.2 Å². The highest BCUT2D eigenvalue weighted by atomic mass is 16.5. The standard InChI is InChI=1S/C17H20N4O2/c1-23-12-16(22)20-15-9-5-6-13(10-15)11-19-17(18)21-14-7-3-2-4-8-14/h2-10H,11-12H2,1H3,(H,20,22)(H3,18,19,21). The molecule has 120 valence electrons. The molecule has 0 aliphatic heterocycles. The SMILES string of the molecule is COCC(=O)Nc1cccc(CN=C(N)Nc2ccccc2)c1. The topological polar surface area (TPSA) is 88.7 Å². The maximum absolute atomic E-state index is 11.5. The number of hydrogen-bond donors (Lipinski definition) is 3. The number of methoxy groups -OCH3 is 1. The molecular weight excluding hydrogens is 292 g/mol. The minimum Gasteiger partial charge on any atom is -0.375 e. The summed E-state index contributed by atoms with van der Waals surface area (Å²) >= 11 is 0. The van der Waals surface area contributed by atoms with E-state index >= 15 is 0 Å². The molecule has 0 bridgehead atoms. The molecule has 6 nitrogen and oxygen atoms in total. The molecule has 0 aliphatic rings. The van der Waals surface area contributed by atoms with Gasteiger partial charge in [0.05, 0.1) is 6.54 Å². The van der Waals surface area contributed by atoms with Crippen LogP contribution in [-0.4, -0.2) is 25.6 Å². The number of amides is 1. The Morgan fingerprint density at radius 2 is 1.83 bits per heavy atom. The molecule has 0 unspecified atom stereocenters. The van der Waals surface area contributed by atoms with Crippen molar-refractivity contribution < 1.29 is 9.53 Å². The maximum atomic E-state index is 11.5. The van der Waals surface area contributed by atoms with Crippen LogP contribution in [0, 0.1) is 0 Å². The lowest BCUT2D eigenvalue weighted by molar-refractivity contribution is -0.119. The van der Waals surface area contributed by atoms with Gasteiger partial charge in [0.2, 0.25) is 5.91 Å². The fourth-order valence-corrected chi connectivity index (χ4v) is 1.96. The molecule has 6 heteroatoms. The molecular formula is C17H20N4O2. The zero-order valence-corrected chi connectivity index (χ0v) is 13.0. The Kier molecular flexibility index (Phi) is 6.14. The third-order valence-electron chi connectivity index (χ3n) is 2.96. The first-order chi connectivity index (χ1) is 11.2. The summed E-state index contributed by atoms with van der Waals surface area (Å²) in [6.07, 6.45) is 0. The monoisotopic (exact) mass is 312 g/mol. The first-order valence-electron chi connectivity index (χ1n) is 7.17. The molecule has 0 saturated heterocycles. The van der Waals surface area contributed by atoms with Crippen LogP contribution >= 0.6 is 0 Å². The summed E-state index contributed by atoms with van der Waals surface area (Å²) in [6.45, 7) is 0.440. The molecule has 23 heavy (non-hydrogen) atoms. The predicted octanol–water partition coefficient (Wildman–Crippen LogP) is 2.20. The molecule has 0 spiro atoms. The van der Waals surface area contributed by atoms with Crippen molar-refractivity contribution in [2.24, 2.45) is 10.7 Å². The van der Waals surface area contributed by atoms with Crippen molar-refractivity contribution >= 4 is 23.2 Å². The van der Waals surface area contributed by atoms with Gasteiger partial charge in [-0.05, 0) is 29.8 Å². The second-order valence-electron chi connectivity index (χ2n) is 4.87. The molecule has 4 N–H and O–H groups in total. The van der Waals surface area contributed by atoms with Crippen molar-refractivity contribution in [3.63, 3.8) is 0 Å². The van der Waals surface area contributed by atoms with E-state index in [4.69, 9.17) is 10.5 Å². The van der Waals surface area contributed by atoms with E-state index in [1.54, 1.807) is 0 Å². The van der Waals surface area contributed by atoms with Crippen LogP contribution in [0.25, 0.3) is 0 Å². The zero-order valence-electron chi connectivity index (χ0n) is 13.0.